The highest BCUT2D eigenvalue weighted by molar-refractivity contribution is 6.05. The molecular formula is C26H26N2O6. The summed E-state index contributed by atoms with van der Waals surface area (Å²) in [5.74, 6) is -0.734. The molecule has 3 aromatic carbocycles. The second-order valence-electron chi connectivity index (χ2n) is 7.43. The summed E-state index contributed by atoms with van der Waals surface area (Å²) in [5.41, 5.74) is 2.34. The maximum Gasteiger partial charge on any atom is 0.341 e. The highest BCUT2D eigenvalue weighted by Crippen LogP contribution is 2.29. The minimum atomic E-state index is -1.15. The molecule has 2 amide bonds. The van der Waals surface area contributed by atoms with E-state index in [2.05, 4.69) is 22.8 Å². The standard InChI is InChI=1S/C26H26N2O6/c29-18-27-21-11-14-24(34-17-25(30)31)23(16-21)28-26(32)20-9-12-22(13-10-20)33-15-5-4-8-19-6-2-1-3-7-19/h1-3,6-7,9-14,16,18H,4-5,8,15,17H2,(H,27,29)(H,28,32)(H,30,31). The van der Waals surface area contributed by atoms with Crippen molar-refractivity contribution < 1.29 is 29.0 Å². The molecule has 8 nitrogen and oxygen atoms in total. The number of carboxylic acids is 1. The van der Waals surface area contributed by atoms with Gasteiger partial charge in [-0.25, -0.2) is 4.79 Å². The topological polar surface area (TPSA) is 114 Å². The molecule has 0 fully saturated rings. The smallest absolute Gasteiger partial charge is 0.341 e. The van der Waals surface area contributed by atoms with Crippen LogP contribution >= 0.6 is 0 Å². The van der Waals surface area contributed by atoms with Crippen molar-refractivity contribution in [1.29, 1.82) is 0 Å². The zero-order chi connectivity index (χ0) is 24.2. The van der Waals surface area contributed by atoms with Crippen molar-refractivity contribution >= 4 is 29.7 Å². The van der Waals surface area contributed by atoms with Gasteiger partial charge in [-0.1, -0.05) is 30.3 Å². The predicted molar refractivity (Wildman–Crippen MR) is 129 cm³/mol. The summed E-state index contributed by atoms with van der Waals surface area (Å²) >= 11 is 0. The van der Waals surface area contributed by atoms with E-state index in [0.29, 0.717) is 30.0 Å². The van der Waals surface area contributed by atoms with Crippen molar-refractivity contribution in [2.45, 2.75) is 19.3 Å². The molecule has 0 bridgehead atoms. The van der Waals surface area contributed by atoms with Crippen LogP contribution in [0.15, 0.2) is 72.8 Å². The molecule has 0 aliphatic rings. The molecule has 0 saturated heterocycles. The number of unbranched alkanes of at least 4 members (excludes halogenated alkanes) is 1. The average Bonchev–Trinajstić information content (AvgIpc) is 2.84. The number of nitrogens with one attached hydrogen (secondary N) is 2. The molecule has 176 valence electrons. The molecule has 3 rings (SSSR count). The summed E-state index contributed by atoms with van der Waals surface area (Å²) in [5, 5.41) is 14.0. The van der Waals surface area contributed by atoms with Crippen LogP contribution in [-0.4, -0.2) is 36.6 Å². The van der Waals surface area contributed by atoms with E-state index in [1.54, 1.807) is 24.3 Å². The van der Waals surface area contributed by atoms with Gasteiger partial charge in [0.15, 0.2) is 6.61 Å². The van der Waals surface area contributed by atoms with Gasteiger partial charge in [0.25, 0.3) is 5.91 Å². The van der Waals surface area contributed by atoms with Gasteiger partial charge in [0.05, 0.1) is 12.3 Å². The summed E-state index contributed by atoms with van der Waals surface area (Å²) in [6.07, 6.45) is 3.44. The molecule has 0 aliphatic heterocycles. The predicted octanol–water partition coefficient (Wildman–Crippen LogP) is 4.37. The number of hydrogen-bond acceptors (Lipinski definition) is 5. The summed E-state index contributed by atoms with van der Waals surface area (Å²) in [7, 11) is 0. The lowest BCUT2D eigenvalue weighted by Crippen LogP contribution is -2.15. The highest BCUT2D eigenvalue weighted by Gasteiger charge is 2.13. The molecular weight excluding hydrogens is 436 g/mol. The summed E-state index contributed by atoms with van der Waals surface area (Å²) in [6.45, 7) is 0.0138. The maximum absolute atomic E-state index is 12.7. The Morgan fingerprint density at radius 1 is 0.912 bits per heavy atom. The molecule has 34 heavy (non-hydrogen) atoms. The zero-order valence-corrected chi connectivity index (χ0v) is 18.5. The van der Waals surface area contributed by atoms with Gasteiger partial charge in [0, 0.05) is 11.3 Å². The number of carbonyl (C=O) groups is 3. The van der Waals surface area contributed by atoms with Gasteiger partial charge in [0.2, 0.25) is 6.41 Å². The van der Waals surface area contributed by atoms with E-state index < -0.39 is 18.5 Å². The van der Waals surface area contributed by atoms with Crippen LogP contribution in [0.3, 0.4) is 0 Å². The maximum atomic E-state index is 12.7. The van der Waals surface area contributed by atoms with Gasteiger partial charge >= 0.3 is 5.97 Å². The van der Waals surface area contributed by atoms with E-state index in [1.165, 1.54) is 23.8 Å². The molecule has 3 aromatic rings. The van der Waals surface area contributed by atoms with Crippen molar-refractivity contribution in [3.63, 3.8) is 0 Å². The Labute approximate surface area is 197 Å². The fourth-order valence-electron chi connectivity index (χ4n) is 3.21. The number of ether oxygens (including phenoxy) is 2. The number of carboxylic acid groups (broad SMARTS) is 1. The summed E-state index contributed by atoms with van der Waals surface area (Å²) in [4.78, 5) is 34.2. The molecule has 0 heterocycles. The number of benzene rings is 3. The second-order valence-corrected chi connectivity index (χ2v) is 7.43. The van der Waals surface area contributed by atoms with Crippen molar-refractivity contribution in [2.75, 3.05) is 23.8 Å². The van der Waals surface area contributed by atoms with Gasteiger partial charge in [-0.3, -0.25) is 9.59 Å². The Hall–Kier alpha value is -4.33. The van der Waals surface area contributed by atoms with Crippen LogP contribution in [0.4, 0.5) is 11.4 Å². The largest absolute Gasteiger partial charge is 0.494 e. The summed E-state index contributed by atoms with van der Waals surface area (Å²) < 4.78 is 11.0. The van der Waals surface area contributed by atoms with Gasteiger partial charge in [-0.05, 0) is 67.3 Å². The fraction of sp³-hybridized carbons (Fsp3) is 0.192. The zero-order valence-electron chi connectivity index (χ0n) is 18.5. The first-order chi connectivity index (χ1) is 16.5. The SMILES string of the molecule is O=CNc1ccc(OCC(=O)O)c(NC(=O)c2ccc(OCCCCc3ccccc3)cc2)c1. The lowest BCUT2D eigenvalue weighted by atomic mass is 10.1. The van der Waals surface area contributed by atoms with Crippen LogP contribution in [0.2, 0.25) is 0 Å². The molecule has 0 saturated carbocycles. The number of aryl methyl sites for hydroxylation is 1. The number of carbonyl (C=O) groups excluding carboxylic acids is 2. The first kappa shape index (κ1) is 24.3. The fourth-order valence-corrected chi connectivity index (χ4v) is 3.21. The quantitative estimate of drug-likeness (QED) is 0.257. The van der Waals surface area contributed by atoms with E-state index in [9.17, 15) is 14.4 Å². The first-order valence-corrected chi connectivity index (χ1v) is 10.8. The normalized spacial score (nSPS) is 10.2. The van der Waals surface area contributed by atoms with Gasteiger partial charge in [-0.15, -0.1) is 0 Å². The van der Waals surface area contributed by atoms with Crippen LogP contribution in [0, 0.1) is 0 Å². The van der Waals surface area contributed by atoms with Gasteiger partial charge in [0.1, 0.15) is 11.5 Å². The molecule has 0 unspecified atom stereocenters. The monoisotopic (exact) mass is 462 g/mol. The first-order valence-electron chi connectivity index (χ1n) is 10.8. The van der Waals surface area contributed by atoms with Crippen LogP contribution in [0.25, 0.3) is 0 Å². The third kappa shape index (κ3) is 7.67. The molecule has 3 N–H and O–H groups in total. The van der Waals surface area contributed by atoms with Crippen molar-refractivity contribution in [1.82, 2.24) is 0 Å². The Morgan fingerprint density at radius 3 is 2.38 bits per heavy atom. The van der Waals surface area contributed by atoms with Crippen LogP contribution in [-0.2, 0) is 16.0 Å². The van der Waals surface area contributed by atoms with E-state index in [0.717, 1.165) is 19.3 Å². The Balaban J connectivity index is 1.54. The number of amides is 2. The van der Waals surface area contributed by atoms with E-state index in [-0.39, 0.29) is 11.4 Å². The van der Waals surface area contributed by atoms with E-state index in [4.69, 9.17) is 14.6 Å². The van der Waals surface area contributed by atoms with Crippen molar-refractivity contribution in [3.05, 3.63) is 83.9 Å². The minimum absolute atomic E-state index is 0.169. The van der Waals surface area contributed by atoms with Gasteiger partial charge < -0.3 is 25.2 Å². The number of anilines is 2. The van der Waals surface area contributed by atoms with E-state index >= 15 is 0 Å². The highest BCUT2D eigenvalue weighted by atomic mass is 16.5. The summed E-state index contributed by atoms with van der Waals surface area (Å²) in [6, 6.07) is 21.5. The molecule has 0 spiro atoms. The third-order valence-corrected chi connectivity index (χ3v) is 4.89. The average molecular weight is 463 g/mol. The van der Waals surface area contributed by atoms with Crippen LogP contribution < -0.4 is 20.1 Å². The number of aliphatic carboxylic acids is 1. The van der Waals surface area contributed by atoms with E-state index in [1.807, 2.05) is 18.2 Å². The Morgan fingerprint density at radius 2 is 1.68 bits per heavy atom. The number of rotatable bonds is 13. The van der Waals surface area contributed by atoms with Gasteiger partial charge in [-0.2, -0.15) is 0 Å². The number of hydrogen-bond donors (Lipinski definition) is 3. The molecule has 0 atom stereocenters. The third-order valence-electron chi connectivity index (χ3n) is 4.89. The van der Waals surface area contributed by atoms with Crippen LogP contribution in [0.5, 0.6) is 11.5 Å². The molecule has 0 radical (unpaired) electrons. The van der Waals surface area contributed by atoms with Crippen molar-refractivity contribution in [3.8, 4) is 11.5 Å². The molecule has 8 heteroatoms. The minimum Gasteiger partial charge on any atom is -0.494 e. The van der Waals surface area contributed by atoms with Crippen LogP contribution in [0.1, 0.15) is 28.8 Å². The lowest BCUT2D eigenvalue weighted by Gasteiger charge is -2.13. The lowest BCUT2D eigenvalue weighted by molar-refractivity contribution is -0.139. The second kappa shape index (κ2) is 12.6. The molecule has 0 aliphatic carbocycles. The Bertz CT molecular complexity index is 1100. The molecule has 0 aromatic heterocycles. The van der Waals surface area contributed by atoms with Crippen molar-refractivity contribution in [2.24, 2.45) is 0 Å². The Kier molecular flexibility index (Phi) is 9.04.